The Hall–Kier alpha value is -4.07. The molecule has 3 aromatic carbocycles. The molecule has 0 bridgehead atoms. The quantitative estimate of drug-likeness (QED) is 0.324. The summed E-state index contributed by atoms with van der Waals surface area (Å²) in [5.74, 6) is -1.02. The molecule has 4 aromatic rings. The predicted octanol–water partition coefficient (Wildman–Crippen LogP) is 6.04. The lowest BCUT2D eigenvalue weighted by Gasteiger charge is -2.23. The van der Waals surface area contributed by atoms with Crippen molar-refractivity contribution in [1.29, 1.82) is 0 Å². The molecule has 0 atom stereocenters. The van der Waals surface area contributed by atoms with Crippen LogP contribution in [0.5, 0.6) is 0 Å². The zero-order valence-corrected chi connectivity index (χ0v) is 21.2. The molecule has 0 radical (unpaired) electrons. The molecule has 0 spiro atoms. The number of carbonyl (C=O) groups excluding carboxylic acids is 3. The van der Waals surface area contributed by atoms with Crippen molar-refractivity contribution < 1.29 is 19.1 Å². The Morgan fingerprint density at radius 1 is 0.892 bits per heavy atom. The minimum absolute atomic E-state index is 0.208. The van der Waals surface area contributed by atoms with Gasteiger partial charge in [0.1, 0.15) is 5.69 Å². The van der Waals surface area contributed by atoms with Crippen molar-refractivity contribution >= 4 is 52.4 Å². The Morgan fingerprint density at radius 2 is 1.65 bits per heavy atom. The molecule has 1 N–H and O–H groups in total. The molecule has 0 saturated heterocycles. The fraction of sp³-hybridized carbons (Fsp3) is 0.107. The minimum atomic E-state index is -0.430. The summed E-state index contributed by atoms with van der Waals surface area (Å²) in [7, 11) is 1.35. The summed E-state index contributed by atoms with van der Waals surface area (Å²) in [5.41, 5.74) is 4.17. The topological polar surface area (TPSA) is 80.6 Å². The van der Waals surface area contributed by atoms with Gasteiger partial charge in [0.25, 0.3) is 11.8 Å². The first-order chi connectivity index (χ1) is 17.9. The highest BCUT2D eigenvalue weighted by atomic mass is 35.5. The highest BCUT2D eigenvalue weighted by Crippen LogP contribution is 2.31. The van der Waals surface area contributed by atoms with Crippen LogP contribution in [0.25, 0.3) is 0 Å². The highest BCUT2D eigenvalue weighted by Gasteiger charge is 2.27. The molecule has 0 unspecified atom stereocenters. The van der Waals surface area contributed by atoms with Crippen LogP contribution in [0.4, 0.5) is 11.4 Å². The molecule has 2 heterocycles. The van der Waals surface area contributed by atoms with E-state index in [2.05, 4.69) is 5.32 Å². The second-order valence-electron chi connectivity index (χ2n) is 8.46. The van der Waals surface area contributed by atoms with Crippen molar-refractivity contribution in [2.24, 2.45) is 0 Å². The average molecular weight is 534 g/mol. The molecule has 7 nitrogen and oxygen atoms in total. The number of benzene rings is 3. The molecule has 0 aliphatic carbocycles. The standard InChI is InChI=1S/C28H21Cl2N3O4/c1-37-28(36)25-13-11-21-16-33(24-5-3-2-4-18(24)15-32(21)25)27(35)17-6-9-20(10-7-17)31-26(34)22-12-8-19(29)14-23(22)30/h2-14H,15-16H2,1H3,(H,31,34). The SMILES string of the molecule is COC(=O)c1ccc2n1Cc1ccccc1N(C(=O)c1ccc(NC(=O)c3ccc(Cl)cc3Cl)cc1)C2. The lowest BCUT2D eigenvalue weighted by atomic mass is 10.1. The summed E-state index contributed by atoms with van der Waals surface area (Å²) >= 11 is 12.0. The Balaban J connectivity index is 1.40. The van der Waals surface area contributed by atoms with Gasteiger partial charge in [0, 0.05) is 27.7 Å². The number of hydrogen-bond donors (Lipinski definition) is 1. The van der Waals surface area contributed by atoms with Crippen LogP contribution in [0.2, 0.25) is 10.0 Å². The summed E-state index contributed by atoms with van der Waals surface area (Å²) in [4.78, 5) is 40.3. The summed E-state index contributed by atoms with van der Waals surface area (Å²) in [5, 5.41) is 3.47. The van der Waals surface area contributed by atoms with E-state index in [4.69, 9.17) is 27.9 Å². The number of methoxy groups -OCH3 is 1. The van der Waals surface area contributed by atoms with E-state index in [0.29, 0.717) is 34.1 Å². The smallest absolute Gasteiger partial charge is 0.354 e. The van der Waals surface area contributed by atoms with Gasteiger partial charge in [-0.15, -0.1) is 0 Å². The fourth-order valence-corrected chi connectivity index (χ4v) is 4.84. The van der Waals surface area contributed by atoms with Gasteiger partial charge >= 0.3 is 5.97 Å². The van der Waals surface area contributed by atoms with Gasteiger partial charge in [0.2, 0.25) is 0 Å². The van der Waals surface area contributed by atoms with E-state index >= 15 is 0 Å². The molecule has 2 amide bonds. The van der Waals surface area contributed by atoms with Crippen molar-refractivity contribution in [3.8, 4) is 0 Å². The molecular formula is C28H21Cl2N3O4. The van der Waals surface area contributed by atoms with Gasteiger partial charge in [-0.25, -0.2) is 4.79 Å². The second kappa shape index (κ2) is 10.1. The van der Waals surface area contributed by atoms with Crippen molar-refractivity contribution in [1.82, 2.24) is 4.57 Å². The van der Waals surface area contributed by atoms with E-state index in [0.717, 1.165) is 16.9 Å². The summed E-state index contributed by atoms with van der Waals surface area (Å²) < 4.78 is 6.80. The van der Waals surface area contributed by atoms with Crippen molar-refractivity contribution in [2.75, 3.05) is 17.3 Å². The molecule has 0 saturated carbocycles. The van der Waals surface area contributed by atoms with Crippen LogP contribution in [-0.2, 0) is 17.8 Å². The number of ether oxygens (including phenoxy) is 1. The molecule has 9 heteroatoms. The van der Waals surface area contributed by atoms with Crippen LogP contribution >= 0.6 is 23.2 Å². The van der Waals surface area contributed by atoms with Gasteiger partial charge in [-0.1, -0.05) is 41.4 Å². The number of nitrogens with zero attached hydrogens (tertiary/aromatic N) is 2. The van der Waals surface area contributed by atoms with E-state index in [1.54, 1.807) is 47.4 Å². The number of para-hydroxylation sites is 1. The fourth-order valence-electron chi connectivity index (χ4n) is 4.35. The zero-order valence-electron chi connectivity index (χ0n) is 19.7. The number of nitrogens with one attached hydrogen (secondary N) is 1. The third kappa shape index (κ3) is 4.83. The van der Waals surface area contributed by atoms with Crippen LogP contribution in [0.15, 0.2) is 78.9 Å². The summed E-state index contributed by atoms with van der Waals surface area (Å²) in [6.45, 7) is 0.714. The summed E-state index contributed by atoms with van der Waals surface area (Å²) in [6.07, 6.45) is 0. The average Bonchev–Trinajstić information content (AvgIpc) is 3.21. The number of anilines is 2. The number of fused-ring (bicyclic) bond motifs is 2. The van der Waals surface area contributed by atoms with Gasteiger partial charge in [-0.05, 0) is 66.2 Å². The van der Waals surface area contributed by atoms with E-state index in [-0.39, 0.29) is 23.4 Å². The first-order valence-electron chi connectivity index (χ1n) is 11.4. The molecule has 1 aliphatic heterocycles. The number of hydrogen-bond acceptors (Lipinski definition) is 4. The van der Waals surface area contributed by atoms with Crippen molar-refractivity contribution in [3.63, 3.8) is 0 Å². The predicted molar refractivity (Wildman–Crippen MR) is 143 cm³/mol. The van der Waals surface area contributed by atoms with Gasteiger partial charge in [0.15, 0.2) is 0 Å². The van der Waals surface area contributed by atoms with E-state index in [9.17, 15) is 14.4 Å². The monoisotopic (exact) mass is 533 g/mol. The highest BCUT2D eigenvalue weighted by molar-refractivity contribution is 6.37. The van der Waals surface area contributed by atoms with E-state index in [1.807, 2.05) is 34.9 Å². The normalized spacial score (nSPS) is 12.2. The number of halogens is 2. The van der Waals surface area contributed by atoms with Gasteiger partial charge in [-0.3, -0.25) is 9.59 Å². The summed E-state index contributed by atoms with van der Waals surface area (Å²) in [6, 6.07) is 22.4. The Morgan fingerprint density at radius 3 is 2.38 bits per heavy atom. The molecule has 37 heavy (non-hydrogen) atoms. The van der Waals surface area contributed by atoms with Gasteiger partial charge in [-0.2, -0.15) is 0 Å². The second-order valence-corrected chi connectivity index (χ2v) is 9.31. The number of amides is 2. The maximum absolute atomic E-state index is 13.7. The van der Waals surface area contributed by atoms with E-state index < -0.39 is 5.97 Å². The van der Waals surface area contributed by atoms with Crippen LogP contribution in [0.3, 0.4) is 0 Å². The lowest BCUT2D eigenvalue weighted by Crippen LogP contribution is -2.30. The first-order valence-corrected chi connectivity index (χ1v) is 12.1. The van der Waals surface area contributed by atoms with Crippen LogP contribution in [-0.4, -0.2) is 29.5 Å². The molecule has 5 rings (SSSR count). The number of aromatic nitrogens is 1. The van der Waals surface area contributed by atoms with Crippen LogP contribution in [0, 0.1) is 0 Å². The maximum atomic E-state index is 13.7. The van der Waals surface area contributed by atoms with E-state index in [1.165, 1.54) is 13.2 Å². The zero-order chi connectivity index (χ0) is 26.1. The number of rotatable bonds is 4. The largest absolute Gasteiger partial charge is 0.464 e. The Kier molecular flexibility index (Phi) is 6.74. The Labute approximate surface area is 223 Å². The minimum Gasteiger partial charge on any atom is -0.464 e. The first kappa shape index (κ1) is 24.6. The van der Waals surface area contributed by atoms with Crippen molar-refractivity contribution in [3.05, 3.63) is 117 Å². The Bertz CT molecular complexity index is 1530. The number of carbonyl (C=O) groups is 3. The lowest BCUT2D eigenvalue weighted by molar-refractivity contribution is 0.0588. The maximum Gasteiger partial charge on any atom is 0.354 e. The molecule has 0 fully saturated rings. The number of esters is 1. The third-order valence-electron chi connectivity index (χ3n) is 6.21. The molecular weight excluding hydrogens is 513 g/mol. The molecule has 1 aromatic heterocycles. The van der Waals surface area contributed by atoms with Gasteiger partial charge < -0.3 is 19.5 Å². The molecule has 1 aliphatic rings. The molecule has 186 valence electrons. The van der Waals surface area contributed by atoms with Gasteiger partial charge in [0.05, 0.1) is 30.8 Å². The third-order valence-corrected chi connectivity index (χ3v) is 6.76. The van der Waals surface area contributed by atoms with Crippen LogP contribution in [0.1, 0.15) is 42.5 Å². The van der Waals surface area contributed by atoms with Crippen molar-refractivity contribution in [2.45, 2.75) is 13.1 Å². The van der Waals surface area contributed by atoms with Crippen LogP contribution < -0.4 is 10.2 Å².